The van der Waals surface area contributed by atoms with Crippen LogP contribution in [0.25, 0.3) is 22.4 Å². The number of nitrogens with zero attached hydrogens (tertiary/aromatic N) is 2. The van der Waals surface area contributed by atoms with E-state index in [1.165, 1.54) is 36.5 Å². The number of hydrogen-bond donors (Lipinski definition) is 2. The van der Waals surface area contributed by atoms with Crippen molar-refractivity contribution in [2.75, 3.05) is 5.32 Å². The maximum absolute atomic E-state index is 13.9. The number of halogens is 1. The van der Waals surface area contributed by atoms with Crippen LogP contribution >= 0.6 is 0 Å². The van der Waals surface area contributed by atoms with E-state index in [0.717, 1.165) is 0 Å². The summed E-state index contributed by atoms with van der Waals surface area (Å²) in [6.45, 7) is 3.26. The fourth-order valence-corrected chi connectivity index (χ4v) is 4.11. The van der Waals surface area contributed by atoms with Gasteiger partial charge in [0.2, 0.25) is 0 Å². The molecule has 0 aliphatic carbocycles. The van der Waals surface area contributed by atoms with E-state index in [-0.39, 0.29) is 10.5 Å². The molecule has 7 nitrogen and oxygen atoms in total. The minimum absolute atomic E-state index is 0.0806. The number of hydrogen-bond acceptors (Lipinski definition) is 5. The van der Waals surface area contributed by atoms with Crippen LogP contribution in [-0.2, 0) is 9.84 Å². The molecular formula is C22H19FN4O3S. The number of benzene rings is 2. The fraction of sp³-hybridized carbons (Fsp3) is 0.136. The van der Waals surface area contributed by atoms with Gasteiger partial charge >= 0.3 is 0 Å². The molecule has 0 saturated heterocycles. The number of carbonyl (C=O) groups excluding carboxylic acids is 1. The van der Waals surface area contributed by atoms with Gasteiger partial charge in [0.15, 0.2) is 15.5 Å². The Kier molecular flexibility index (Phi) is 5.28. The van der Waals surface area contributed by atoms with Crippen molar-refractivity contribution in [3.8, 4) is 11.3 Å². The second-order valence-electron chi connectivity index (χ2n) is 7.21. The van der Waals surface area contributed by atoms with Gasteiger partial charge in [0.25, 0.3) is 5.91 Å². The highest BCUT2D eigenvalue weighted by Gasteiger charge is 2.19. The molecule has 0 atom stereocenters. The third-order valence-electron chi connectivity index (χ3n) is 4.85. The Morgan fingerprint density at radius 1 is 1.10 bits per heavy atom. The van der Waals surface area contributed by atoms with Crippen LogP contribution < -0.4 is 5.32 Å². The second kappa shape index (κ2) is 7.92. The highest BCUT2D eigenvalue weighted by molar-refractivity contribution is 7.92. The number of fused-ring (bicyclic) bond motifs is 1. The maximum atomic E-state index is 13.9. The van der Waals surface area contributed by atoms with Crippen LogP contribution in [0.1, 0.15) is 24.2 Å². The minimum atomic E-state index is -3.37. The largest absolute Gasteiger partial charge is 0.343 e. The predicted molar refractivity (Wildman–Crippen MR) is 116 cm³/mol. The molecule has 2 N–H and O–H groups in total. The molecule has 0 bridgehead atoms. The van der Waals surface area contributed by atoms with Gasteiger partial charge < -0.3 is 10.3 Å². The zero-order valence-electron chi connectivity index (χ0n) is 16.8. The molecule has 2 heterocycles. The van der Waals surface area contributed by atoms with Crippen molar-refractivity contribution in [2.45, 2.75) is 24.0 Å². The van der Waals surface area contributed by atoms with Crippen molar-refractivity contribution in [3.63, 3.8) is 0 Å². The van der Waals surface area contributed by atoms with Crippen molar-refractivity contribution in [3.05, 3.63) is 72.3 Å². The molecule has 0 aliphatic heterocycles. The molecule has 1 amide bonds. The molecule has 0 unspecified atom stereocenters. The average Bonchev–Trinajstić information content (AvgIpc) is 3.16. The van der Waals surface area contributed by atoms with Gasteiger partial charge in [-0.3, -0.25) is 4.79 Å². The Hall–Kier alpha value is -3.59. The van der Waals surface area contributed by atoms with E-state index < -0.39 is 26.8 Å². The highest BCUT2D eigenvalue weighted by Crippen LogP contribution is 2.26. The topological polar surface area (TPSA) is 105 Å². The summed E-state index contributed by atoms with van der Waals surface area (Å²) in [4.78, 5) is 24.5. The SMILES string of the molecule is CC(C)S(=O)(=O)c1ccc(-c2cnc3[nH]cc(NC(=O)c4ccccc4F)c3n2)cc1. The van der Waals surface area contributed by atoms with Gasteiger partial charge in [-0.15, -0.1) is 0 Å². The minimum Gasteiger partial charge on any atom is -0.343 e. The van der Waals surface area contributed by atoms with Gasteiger partial charge in [0.1, 0.15) is 11.3 Å². The molecule has 31 heavy (non-hydrogen) atoms. The lowest BCUT2D eigenvalue weighted by molar-refractivity contribution is 0.102. The number of H-pyrrole nitrogens is 1. The molecule has 0 aliphatic rings. The van der Waals surface area contributed by atoms with Crippen LogP contribution in [-0.4, -0.2) is 34.5 Å². The maximum Gasteiger partial charge on any atom is 0.258 e. The van der Waals surface area contributed by atoms with Crippen LogP contribution in [0.3, 0.4) is 0 Å². The van der Waals surface area contributed by atoms with Gasteiger partial charge in [0, 0.05) is 11.8 Å². The molecule has 4 rings (SSSR count). The van der Waals surface area contributed by atoms with Crippen molar-refractivity contribution < 1.29 is 17.6 Å². The van der Waals surface area contributed by atoms with E-state index in [1.54, 1.807) is 38.2 Å². The standard InChI is InChI=1S/C22H19FN4O3S/c1-13(2)31(29,30)15-9-7-14(8-10-15)18-11-24-21-20(26-18)19(12-25-21)27-22(28)16-5-3-4-6-17(16)23/h3-13H,1-2H3,(H,24,25)(H,27,28). The summed E-state index contributed by atoms with van der Waals surface area (Å²) in [6.07, 6.45) is 3.08. The Balaban J connectivity index is 1.66. The Labute approximate surface area is 178 Å². The summed E-state index contributed by atoms with van der Waals surface area (Å²) in [6, 6.07) is 12.1. The summed E-state index contributed by atoms with van der Waals surface area (Å²) in [5.74, 6) is -1.22. The third kappa shape index (κ3) is 3.91. The Bertz CT molecular complexity index is 1380. The number of rotatable bonds is 5. The van der Waals surface area contributed by atoms with Crippen molar-refractivity contribution >= 4 is 32.6 Å². The summed E-state index contributed by atoms with van der Waals surface area (Å²) >= 11 is 0. The monoisotopic (exact) mass is 438 g/mol. The summed E-state index contributed by atoms with van der Waals surface area (Å²) in [5.41, 5.74) is 2.30. The Morgan fingerprint density at radius 3 is 2.48 bits per heavy atom. The summed E-state index contributed by atoms with van der Waals surface area (Å²) < 4.78 is 38.5. The first-order valence-corrected chi connectivity index (χ1v) is 11.1. The first kappa shape index (κ1) is 20.7. The molecule has 4 aromatic rings. The molecule has 0 fully saturated rings. The Morgan fingerprint density at radius 2 is 1.81 bits per heavy atom. The van der Waals surface area contributed by atoms with E-state index in [4.69, 9.17) is 0 Å². The third-order valence-corrected chi connectivity index (χ3v) is 7.02. The molecule has 2 aromatic carbocycles. The second-order valence-corrected chi connectivity index (χ2v) is 9.71. The number of carbonyl (C=O) groups is 1. The normalized spacial score (nSPS) is 11.7. The number of sulfone groups is 1. The predicted octanol–water partition coefficient (Wildman–Crippen LogP) is 4.20. The highest BCUT2D eigenvalue weighted by atomic mass is 32.2. The molecule has 158 valence electrons. The van der Waals surface area contributed by atoms with Gasteiger partial charge in [-0.2, -0.15) is 0 Å². The van der Waals surface area contributed by atoms with E-state index in [1.807, 2.05) is 0 Å². The number of amides is 1. The van der Waals surface area contributed by atoms with Crippen LogP contribution in [0.15, 0.2) is 65.8 Å². The van der Waals surface area contributed by atoms with E-state index in [9.17, 15) is 17.6 Å². The van der Waals surface area contributed by atoms with Gasteiger partial charge in [-0.25, -0.2) is 22.8 Å². The molecule has 2 aromatic heterocycles. The zero-order chi connectivity index (χ0) is 22.2. The van der Waals surface area contributed by atoms with Gasteiger partial charge in [-0.1, -0.05) is 24.3 Å². The summed E-state index contributed by atoms with van der Waals surface area (Å²) in [5, 5.41) is 2.13. The van der Waals surface area contributed by atoms with E-state index in [2.05, 4.69) is 20.3 Å². The number of nitrogens with one attached hydrogen (secondary N) is 2. The zero-order valence-corrected chi connectivity index (χ0v) is 17.6. The molecule has 0 saturated carbocycles. The van der Waals surface area contributed by atoms with E-state index in [0.29, 0.717) is 28.1 Å². The van der Waals surface area contributed by atoms with Crippen LogP contribution in [0, 0.1) is 5.82 Å². The van der Waals surface area contributed by atoms with Gasteiger partial charge in [-0.05, 0) is 38.1 Å². The number of aromatic amines is 1. The lowest BCUT2D eigenvalue weighted by atomic mass is 10.1. The average molecular weight is 438 g/mol. The molecule has 9 heteroatoms. The van der Waals surface area contributed by atoms with Crippen LogP contribution in [0.5, 0.6) is 0 Å². The van der Waals surface area contributed by atoms with Crippen LogP contribution in [0.4, 0.5) is 10.1 Å². The van der Waals surface area contributed by atoms with Crippen molar-refractivity contribution in [1.29, 1.82) is 0 Å². The smallest absolute Gasteiger partial charge is 0.258 e. The first-order chi connectivity index (χ1) is 14.8. The lowest BCUT2D eigenvalue weighted by Gasteiger charge is -2.09. The first-order valence-electron chi connectivity index (χ1n) is 9.51. The lowest BCUT2D eigenvalue weighted by Crippen LogP contribution is -2.13. The number of anilines is 1. The number of aromatic nitrogens is 3. The molecular weight excluding hydrogens is 419 g/mol. The van der Waals surface area contributed by atoms with Gasteiger partial charge in [0.05, 0.1) is 33.3 Å². The fourth-order valence-electron chi connectivity index (χ4n) is 3.05. The molecule has 0 spiro atoms. The molecule has 0 radical (unpaired) electrons. The summed E-state index contributed by atoms with van der Waals surface area (Å²) in [7, 11) is -3.37. The van der Waals surface area contributed by atoms with E-state index >= 15 is 0 Å². The van der Waals surface area contributed by atoms with Crippen molar-refractivity contribution in [2.24, 2.45) is 0 Å². The van der Waals surface area contributed by atoms with Crippen LogP contribution in [0.2, 0.25) is 0 Å². The quantitative estimate of drug-likeness (QED) is 0.486. The van der Waals surface area contributed by atoms with Crippen molar-refractivity contribution in [1.82, 2.24) is 15.0 Å².